The van der Waals surface area contributed by atoms with Crippen molar-refractivity contribution in [3.63, 3.8) is 0 Å². The maximum absolute atomic E-state index is 6.47. The third kappa shape index (κ3) is 2.26. The van der Waals surface area contributed by atoms with Crippen molar-refractivity contribution in [3.05, 3.63) is 63.1 Å². The standard InChI is InChI=1S/C16H10Cl3N/c1-9-15(19)14-12(18)7-11(17)8-13(14)20-16(9)10-5-3-2-4-6-10/h2-8H,1H3. The van der Waals surface area contributed by atoms with Crippen molar-refractivity contribution in [3.8, 4) is 11.3 Å². The van der Waals surface area contributed by atoms with Crippen molar-refractivity contribution < 1.29 is 0 Å². The van der Waals surface area contributed by atoms with Gasteiger partial charge in [0.05, 0.1) is 21.3 Å². The number of fused-ring (bicyclic) bond motifs is 1. The van der Waals surface area contributed by atoms with E-state index in [1.807, 2.05) is 37.3 Å². The van der Waals surface area contributed by atoms with Crippen LogP contribution in [-0.4, -0.2) is 4.98 Å². The summed E-state index contributed by atoms with van der Waals surface area (Å²) < 4.78 is 0. The fraction of sp³-hybridized carbons (Fsp3) is 0.0625. The van der Waals surface area contributed by atoms with E-state index in [9.17, 15) is 0 Å². The van der Waals surface area contributed by atoms with Gasteiger partial charge in [-0.05, 0) is 24.6 Å². The van der Waals surface area contributed by atoms with Gasteiger partial charge in [0, 0.05) is 16.0 Å². The molecule has 0 atom stereocenters. The molecule has 100 valence electrons. The van der Waals surface area contributed by atoms with Crippen molar-refractivity contribution in [1.29, 1.82) is 0 Å². The fourth-order valence-corrected chi connectivity index (χ4v) is 3.15. The molecule has 0 amide bonds. The zero-order valence-electron chi connectivity index (χ0n) is 10.6. The third-order valence-corrected chi connectivity index (χ3v) is 4.21. The van der Waals surface area contributed by atoms with Crippen LogP contribution < -0.4 is 0 Å². The van der Waals surface area contributed by atoms with E-state index in [1.54, 1.807) is 12.1 Å². The minimum atomic E-state index is 0.521. The summed E-state index contributed by atoms with van der Waals surface area (Å²) in [6, 6.07) is 13.4. The van der Waals surface area contributed by atoms with Crippen molar-refractivity contribution >= 4 is 45.7 Å². The molecule has 3 rings (SSSR count). The molecule has 0 radical (unpaired) electrons. The lowest BCUT2D eigenvalue weighted by Gasteiger charge is -2.12. The Morgan fingerprint density at radius 1 is 0.950 bits per heavy atom. The van der Waals surface area contributed by atoms with E-state index in [1.165, 1.54) is 0 Å². The molecule has 2 aromatic carbocycles. The van der Waals surface area contributed by atoms with Crippen LogP contribution in [0, 0.1) is 6.92 Å². The van der Waals surface area contributed by atoms with Crippen LogP contribution in [0.15, 0.2) is 42.5 Å². The van der Waals surface area contributed by atoms with Crippen LogP contribution in [0.25, 0.3) is 22.2 Å². The second kappa shape index (κ2) is 5.25. The summed E-state index contributed by atoms with van der Waals surface area (Å²) in [5.41, 5.74) is 3.48. The van der Waals surface area contributed by atoms with Crippen LogP contribution in [0.4, 0.5) is 0 Å². The molecule has 0 saturated carbocycles. The van der Waals surface area contributed by atoms with E-state index < -0.39 is 0 Å². The number of aromatic nitrogens is 1. The molecule has 1 aromatic heterocycles. The van der Waals surface area contributed by atoms with Gasteiger partial charge in [0.1, 0.15) is 0 Å². The number of nitrogens with zero attached hydrogens (tertiary/aromatic N) is 1. The van der Waals surface area contributed by atoms with Crippen molar-refractivity contribution in [2.24, 2.45) is 0 Å². The van der Waals surface area contributed by atoms with E-state index in [0.29, 0.717) is 20.6 Å². The Morgan fingerprint density at radius 3 is 2.35 bits per heavy atom. The third-order valence-electron chi connectivity index (χ3n) is 3.22. The number of hydrogen-bond donors (Lipinski definition) is 0. The normalized spacial score (nSPS) is 11.0. The van der Waals surface area contributed by atoms with Crippen LogP contribution >= 0.6 is 34.8 Å². The average molecular weight is 323 g/mol. The summed E-state index contributed by atoms with van der Waals surface area (Å²) >= 11 is 18.7. The highest BCUT2D eigenvalue weighted by Gasteiger charge is 2.14. The largest absolute Gasteiger partial charge is 0.247 e. The first-order chi connectivity index (χ1) is 9.58. The van der Waals surface area contributed by atoms with Crippen molar-refractivity contribution in [2.45, 2.75) is 6.92 Å². The van der Waals surface area contributed by atoms with Gasteiger partial charge in [-0.25, -0.2) is 4.98 Å². The lowest BCUT2D eigenvalue weighted by molar-refractivity contribution is 1.33. The molecule has 0 spiro atoms. The summed E-state index contributed by atoms with van der Waals surface area (Å²) in [6.45, 7) is 1.95. The maximum Gasteiger partial charge on any atom is 0.0754 e. The SMILES string of the molecule is Cc1c(-c2ccccc2)nc2cc(Cl)cc(Cl)c2c1Cl. The van der Waals surface area contributed by atoms with Gasteiger partial charge in [-0.15, -0.1) is 0 Å². The molecule has 0 aliphatic heterocycles. The van der Waals surface area contributed by atoms with E-state index in [2.05, 4.69) is 4.98 Å². The monoisotopic (exact) mass is 321 g/mol. The van der Waals surface area contributed by atoms with Gasteiger partial charge < -0.3 is 0 Å². The Kier molecular flexibility index (Phi) is 3.59. The Bertz CT molecular complexity index is 798. The van der Waals surface area contributed by atoms with E-state index in [-0.39, 0.29) is 0 Å². The lowest BCUT2D eigenvalue weighted by atomic mass is 10.0. The summed E-state index contributed by atoms with van der Waals surface area (Å²) in [5.74, 6) is 0. The number of pyridine rings is 1. The van der Waals surface area contributed by atoms with Crippen LogP contribution in [0.3, 0.4) is 0 Å². The van der Waals surface area contributed by atoms with Gasteiger partial charge in [0.15, 0.2) is 0 Å². The molecule has 0 aliphatic rings. The smallest absolute Gasteiger partial charge is 0.0754 e. The first kappa shape index (κ1) is 13.7. The Hall–Kier alpha value is -1.28. The summed E-state index contributed by atoms with van der Waals surface area (Å²) in [4.78, 5) is 4.67. The first-order valence-corrected chi connectivity index (χ1v) is 7.21. The van der Waals surface area contributed by atoms with Crippen LogP contribution in [-0.2, 0) is 0 Å². The van der Waals surface area contributed by atoms with Crippen LogP contribution in [0.2, 0.25) is 15.1 Å². The molecule has 0 unspecified atom stereocenters. The number of benzene rings is 2. The fourth-order valence-electron chi connectivity index (χ4n) is 2.24. The highest BCUT2D eigenvalue weighted by Crippen LogP contribution is 2.37. The van der Waals surface area contributed by atoms with Crippen LogP contribution in [0.1, 0.15) is 5.56 Å². The molecule has 0 bridgehead atoms. The van der Waals surface area contributed by atoms with Crippen molar-refractivity contribution in [2.75, 3.05) is 0 Å². The number of rotatable bonds is 1. The molecule has 4 heteroatoms. The summed E-state index contributed by atoms with van der Waals surface area (Å²) in [7, 11) is 0. The van der Waals surface area contributed by atoms with Gasteiger partial charge in [-0.1, -0.05) is 65.1 Å². The molecule has 0 N–H and O–H groups in total. The molecule has 0 aliphatic carbocycles. The maximum atomic E-state index is 6.47. The number of halogens is 3. The van der Waals surface area contributed by atoms with E-state index in [4.69, 9.17) is 34.8 Å². The van der Waals surface area contributed by atoms with E-state index >= 15 is 0 Å². The predicted molar refractivity (Wildman–Crippen MR) is 86.9 cm³/mol. The quantitative estimate of drug-likeness (QED) is 0.522. The summed E-state index contributed by atoms with van der Waals surface area (Å²) in [5, 5.41) is 2.44. The average Bonchev–Trinajstić information content (AvgIpc) is 2.43. The molecular weight excluding hydrogens is 313 g/mol. The highest BCUT2D eigenvalue weighted by atomic mass is 35.5. The van der Waals surface area contributed by atoms with Gasteiger partial charge in [-0.3, -0.25) is 0 Å². The predicted octanol–water partition coefficient (Wildman–Crippen LogP) is 6.17. The lowest BCUT2D eigenvalue weighted by Crippen LogP contribution is -1.93. The number of hydrogen-bond acceptors (Lipinski definition) is 1. The van der Waals surface area contributed by atoms with E-state index in [0.717, 1.165) is 22.2 Å². The molecule has 3 aromatic rings. The van der Waals surface area contributed by atoms with Gasteiger partial charge in [0.2, 0.25) is 0 Å². The van der Waals surface area contributed by atoms with Gasteiger partial charge in [0.25, 0.3) is 0 Å². The molecule has 1 nitrogen and oxygen atoms in total. The van der Waals surface area contributed by atoms with Gasteiger partial charge >= 0.3 is 0 Å². The van der Waals surface area contributed by atoms with Crippen molar-refractivity contribution in [1.82, 2.24) is 4.98 Å². The summed E-state index contributed by atoms with van der Waals surface area (Å²) in [6.07, 6.45) is 0. The zero-order valence-corrected chi connectivity index (χ0v) is 12.9. The molecule has 20 heavy (non-hydrogen) atoms. The van der Waals surface area contributed by atoms with Crippen LogP contribution in [0.5, 0.6) is 0 Å². The van der Waals surface area contributed by atoms with Gasteiger partial charge in [-0.2, -0.15) is 0 Å². The topological polar surface area (TPSA) is 12.9 Å². The second-order valence-corrected chi connectivity index (χ2v) is 5.77. The Balaban J connectivity index is 2.39. The minimum absolute atomic E-state index is 0.521. The molecule has 0 saturated heterocycles. The first-order valence-electron chi connectivity index (χ1n) is 6.08. The zero-order chi connectivity index (χ0) is 14.3. The Labute approximate surface area is 132 Å². The highest BCUT2D eigenvalue weighted by molar-refractivity contribution is 6.44. The molecule has 0 fully saturated rings. The minimum Gasteiger partial charge on any atom is -0.247 e. The Morgan fingerprint density at radius 2 is 1.65 bits per heavy atom. The second-order valence-electron chi connectivity index (χ2n) is 4.55. The molecule has 1 heterocycles. The molecular formula is C16H10Cl3N.